The summed E-state index contributed by atoms with van der Waals surface area (Å²) in [5, 5.41) is 6.54. The van der Waals surface area contributed by atoms with Crippen molar-refractivity contribution in [3.05, 3.63) is 48.4 Å². The minimum absolute atomic E-state index is 0.457. The molecule has 1 fully saturated rings. The van der Waals surface area contributed by atoms with Crippen LogP contribution in [0.5, 0.6) is 0 Å². The topological polar surface area (TPSA) is 61.1 Å². The largest absolute Gasteiger partial charge is 0.370 e. The van der Waals surface area contributed by atoms with Crippen LogP contribution in [0.3, 0.4) is 0 Å². The van der Waals surface area contributed by atoms with Crippen molar-refractivity contribution >= 4 is 18.8 Å². The van der Waals surface area contributed by atoms with Crippen LogP contribution in [-0.4, -0.2) is 39.0 Å². The number of hydrogen-bond acceptors (Lipinski definition) is 4. The van der Waals surface area contributed by atoms with Crippen LogP contribution in [0.25, 0.3) is 0 Å². The Kier molecular flexibility index (Phi) is 9.90. The van der Waals surface area contributed by atoms with Crippen molar-refractivity contribution in [3.8, 4) is 0 Å². The SMILES string of the molecule is C=CC1CC(/C=C\C(=C\N=C)C(=NCN/C(C=NC)=C/C)NCC)C1. The molecule has 0 bridgehead atoms. The predicted octanol–water partition coefficient (Wildman–Crippen LogP) is 3.50. The fourth-order valence-electron chi connectivity index (χ4n) is 2.57. The van der Waals surface area contributed by atoms with Gasteiger partial charge in [-0.1, -0.05) is 24.3 Å². The Bertz CT molecular complexity index is 575. The van der Waals surface area contributed by atoms with E-state index in [4.69, 9.17) is 0 Å². The van der Waals surface area contributed by atoms with Crippen molar-refractivity contribution in [1.29, 1.82) is 0 Å². The first-order valence-electron chi connectivity index (χ1n) is 8.76. The van der Waals surface area contributed by atoms with E-state index in [1.165, 1.54) is 12.8 Å². The summed E-state index contributed by atoms with van der Waals surface area (Å²) in [4.78, 5) is 12.6. The number of amidine groups is 1. The number of hydrogen-bond donors (Lipinski definition) is 2. The quantitative estimate of drug-likeness (QED) is 0.276. The average molecular weight is 342 g/mol. The maximum atomic E-state index is 4.62. The molecule has 0 aromatic heterocycles. The number of likely N-dealkylation sites (N-methyl/N-ethyl adjacent to an activating group) is 1. The van der Waals surface area contributed by atoms with Gasteiger partial charge in [-0.25, -0.2) is 4.99 Å². The van der Waals surface area contributed by atoms with E-state index in [2.05, 4.69) is 51.1 Å². The lowest BCUT2D eigenvalue weighted by Crippen LogP contribution is -2.27. The molecule has 5 heteroatoms. The summed E-state index contributed by atoms with van der Waals surface area (Å²) in [5.74, 6) is 2.07. The molecule has 0 atom stereocenters. The van der Waals surface area contributed by atoms with Gasteiger partial charge in [0.25, 0.3) is 0 Å². The molecule has 0 saturated heterocycles. The van der Waals surface area contributed by atoms with Crippen LogP contribution < -0.4 is 10.6 Å². The van der Waals surface area contributed by atoms with E-state index in [9.17, 15) is 0 Å². The highest BCUT2D eigenvalue weighted by Gasteiger charge is 2.24. The highest BCUT2D eigenvalue weighted by molar-refractivity contribution is 6.00. The van der Waals surface area contributed by atoms with Gasteiger partial charge in [0, 0.05) is 37.3 Å². The second-order valence-electron chi connectivity index (χ2n) is 5.86. The van der Waals surface area contributed by atoms with Gasteiger partial charge in [0.1, 0.15) is 12.5 Å². The number of aliphatic imine (C=N–C) groups is 3. The second kappa shape index (κ2) is 12.0. The summed E-state index contributed by atoms with van der Waals surface area (Å²) in [5.41, 5.74) is 1.88. The van der Waals surface area contributed by atoms with Gasteiger partial charge in [-0.2, -0.15) is 0 Å². The first kappa shape index (κ1) is 20.6. The number of rotatable bonds is 10. The lowest BCUT2D eigenvalue weighted by Gasteiger charge is -2.30. The third-order valence-corrected chi connectivity index (χ3v) is 4.04. The van der Waals surface area contributed by atoms with Gasteiger partial charge in [0.05, 0.1) is 0 Å². The lowest BCUT2D eigenvalue weighted by atomic mass is 9.75. The van der Waals surface area contributed by atoms with Crippen LogP contribution in [0.1, 0.15) is 26.7 Å². The molecule has 1 saturated carbocycles. The van der Waals surface area contributed by atoms with E-state index in [0.29, 0.717) is 18.5 Å². The van der Waals surface area contributed by atoms with E-state index < -0.39 is 0 Å². The summed E-state index contributed by atoms with van der Waals surface area (Å²) in [6.07, 6.45) is 14.2. The average Bonchev–Trinajstić information content (AvgIpc) is 2.58. The van der Waals surface area contributed by atoms with Gasteiger partial charge in [0.15, 0.2) is 0 Å². The van der Waals surface area contributed by atoms with Crippen LogP contribution in [0.15, 0.2) is 63.3 Å². The Morgan fingerprint density at radius 3 is 2.56 bits per heavy atom. The summed E-state index contributed by atoms with van der Waals surface area (Å²) in [7, 11) is 1.75. The summed E-state index contributed by atoms with van der Waals surface area (Å²) in [6, 6.07) is 0. The van der Waals surface area contributed by atoms with E-state index in [0.717, 1.165) is 23.7 Å². The molecule has 136 valence electrons. The summed E-state index contributed by atoms with van der Waals surface area (Å²) in [6.45, 7) is 12.7. The first-order chi connectivity index (χ1) is 12.2. The summed E-state index contributed by atoms with van der Waals surface area (Å²) >= 11 is 0. The molecule has 5 nitrogen and oxygen atoms in total. The first-order valence-corrected chi connectivity index (χ1v) is 8.76. The minimum atomic E-state index is 0.457. The van der Waals surface area contributed by atoms with E-state index in [-0.39, 0.29) is 0 Å². The third-order valence-electron chi connectivity index (χ3n) is 4.04. The van der Waals surface area contributed by atoms with E-state index in [1.54, 1.807) is 19.5 Å². The van der Waals surface area contributed by atoms with Gasteiger partial charge >= 0.3 is 0 Å². The Hall–Kier alpha value is -2.43. The Morgan fingerprint density at radius 2 is 2.00 bits per heavy atom. The molecule has 0 heterocycles. The van der Waals surface area contributed by atoms with Crippen molar-refractivity contribution in [3.63, 3.8) is 0 Å². The molecular weight excluding hydrogens is 310 g/mol. The molecule has 2 N–H and O–H groups in total. The van der Waals surface area contributed by atoms with Gasteiger partial charge in [-0.05, 0) is 45.2 Å². The molecule has 0 spiro atoms. The van der Waals surface area contributed by atoms with Crippen molar-refractivity contribution < 1.29 is 0 Å². The molecule has 1 aliphatic carbocycles. The number of nitrogens with zero attached hydrogens (tertiary/aromatic N) is 3. The van der Waals surface area contributed by atoms with Crippen molar-refractivity contribution in [1.82, 2.24) is 10.6 Å². The smallest absolute Gasteiger partial charge is 0.131 e. The standard InChI is InChI=1S/C20H31N5/c1-6-16-11-17(12-16)9-10-18(13-21-4)20(23-8-3)25-15-24-19(7-2)14-22-5/h6-7,9-10,13-14,16-17,24H,1,4,8,11-12,15H2,2-3,5H3,(H,23,25)/b10-9-,18-13-,19-7+,22-14?. The van der Waals surface area contributed by atoms with Crippen molar-refractivity contribution in [2.24, 2.45) is 26.8 Å². The van der Waals surface area contributed by atoms with Crippen molar-refractivity contribution in [2.75, 3.05) is 20.3 Å². The fourth-order valence-corrected chi connectivity index (χ4v) is 2.57. The van der Waals surface area contributed by atoms with Crippen LogP contribution in [0.2, 0.25) is 0 Å². The maximum Gasteiger partial charge on any atom is 0.131 e. The Labute approximate surface area is 152 Å². The Balaban J connectivity index is 2.78. The normalized spacial score (nSPS) is 22.1. The molecule has 0 aliphatic heterocycles. The molecule has 0 aromatic rings. The van der Waals surface area contributed by atoms with Gasteiger partial charge in [-0.3, -0.25) is 9.98 Å². The van der Waals surface area contributed by atoms with Crippen molar-refractivity contribution in [2.45, 2.75) is 26.7 Å². The zero-order chi connectivity index (χ0) is 18.5. The van der Waals surface area contributed by atoms with Crippen LogP contribution in [0.4, 0.5) is 0 Å². The highest BCUT2D eigenvalue weighted by Crippen LogP contribution is 2.35. The molecule has 0 aromatic carbocycles. The monoisotopic (exact) mass is 341 g/mol. The molecule has 25 heavy (non-hydrogen) atoms. The predicted molar refractivity (Wildman–Crippen MR) is 110 cm³/mol. The van der Waals surface area contributed by atoms with Crippen LogP contribution >= 0.6 is 0 Å². The third kappa shape index (κ3) is 7.33. The second-order valence-corrected chi connectivity index (χ2v) is 5.86. The zero-order valence-electron chi connectivity index (χ0n) is 15.7. The zero-order valence-corrected chi connectivity index (χ0v) is 15.7. The fraction of sp³-hybridized carbons (Fsp3) is 0.450. The van der Waals surface area contributed by atoms with E-state index >= 15 is 0 Å². The van der Waals surface area contributed by atoms with Crippen LogP contribution in [0, 0.1) is 11.8 Å². The Morgan fingerprint density at radius 1 is 1.24 bits per heavy atom. The number of nitrogens with one attached hydrogen (secondary N) is 2. The molecule has 0 amide bonds. The molecule has 0 radical (unpaired) electrons. The summed E-state index contributed by atoms with van der Waals surface area (Å²) < 4.78 is 0. The molecular formula is C20H31N5. The minimum Gasteiger partial charge on any atom is -0.370 e. The lowest BCUT2D eigenvalue weighted by molar-refractivity contribution is 0.296. The van der Waals surface area contributed by atoms with Gasteiger partial charge in [0.2, 0.25) is 0 Å². The maximum absolute atomic E-state index is 4.62. The molecule has 1 rings (SSSR count). The number of allylic oxidation sites excluding steroid dienone is 4. The van der Waals surface area contributed by atoms with Crippen LogP contribution in [-0.2, 0) is 0 Å². The highest BCUT2D eigenvalue weighted by atomic mass is 15.1. The molecule has 1 aliphatic rings. The van der Waals surface area contributed by atoms with Gasteiger partial charge in [-0.15, -0.1) is 6.58 Å². The van der Waals surface area contributed by atoms with Gasteiger partial charge < -0.3 is 10.6 Å². The molecule has 0 unspecified atom stereocenters. The van der Waals surface area contributed by atoms with E-state index in [1.807, 2.05) is 26.0 Å².